The zero-order valence-corrected chi connectivity index (χ0v) is 76.9. The van der Waals surface area contributed by atoms with E-state index >= 15 is 0 Å². The Hall–Kier alpha value is -17.3. The molecule has 0 radical (unpaired) electrons. The number of para-hydroxylation sites is 7. The number of imidazole rings is 2. The number of rotatable bonds is 3. The monoisotopic (exact) mass is 1780 g/mol. The first-order valence-corrected chi connectivity index (χ1v) is 46.1. The maximum absolute atomic E-state index is 5.78. The fourth-order valence-electron chi connectivity index (χ4n) is 18.1. The van der Waals surface area contributed by atoms with Crippen molar-refractivity contribution in [3.05, 3.63) is 447 Å². The summed E-state index contributed by atoms with van der Waals surface area (Å²) in [5.41, 5.74) is 21.3. The summed E-state index contributed by atoms with van der Waals surface area (Å²) in [7, 11) is 0. The Bertz CT molecular complexity index is 8780. The maximum atomic E-state index is 5.78. The van der Waals surface area contributed by atoms with E-state index in [1.165, 1.54) is 80.3 Å². The molecule has 136 heavy (non-hydrogen) atoms. The number of hydrogen-bond donors (Lipinski definition) is 0. The van der Waals surface area contributed by atoms with E-state index in [-0.39, 0.29) is 0 Å². The van der Waals surface area contributed by atoms with Gasteiger partial charge in [0.2, 0.25) is 11.4 Å². The third-order valence-corrected chi connectivity index (χ3v) is 25.4. The molecule has 0 spiro atoms. The van der Waals surface area contributed by atoms with E-state index in [0.717, 1.165) is 161 Å². The van der Waals surface area contributed by atoms with E-state index in [2.05, 4.69) is 324 Å². The fraction of sp³-hybridized carbons (Fsp3) is 0.0667. The van der Waals surface area contributed by atoms with Crippen LogP contribution in [0.1, 0.15) is 45.9 Å². The fourth-order valence-corrected chi connectivity index (χ4v) is 19.2. The molecule has 12 aromatic heterocycles. The van der Waals surface area contributed by atoms with Gasteiger partial charge in [-0.15, -0.1) is 11.3 Å². The summed E-state index contributed by atoms with van der Waals surface area (Å²) in [5.74, 6) is 3.45. The van der Waals surface area contributed by atoms with Gasteiger partial charge < -0.3 is 13.3 Å². The largest absolute Gasteiger partial charge is 0.440 e. The van der Waals surface area contributed by atoms with Crippen LogP contribution in [0.2, 0.25) is 0 Å². The number of aromatic nitrogens is 12. The van der Waals surface area contributed by atoms with Gasteiger partial charge >= 0.3 is 0 Å². The first-order valence-electron chi connectivity index (χ1n) is 45.3. The Morgan fingerprint density at radius 3 is 1.32 bits per heavy atom. The van der Waals surface area contributed by atoms with Crippen molar-refractivity contribution < 1.29 is 13.3 Å². The molecule has 0 saturated carbocycles. The molecule has 0 aliphatic carbocycles. The lowest BCUT2D eigenvalue weighted by molar-refractivity contribution is 0.563. The summed E-state index contributed by atoms with van der Waals surface area (Å²) < 4.78 is 22.7. The molecule has 0 saturated heterocycles. The van der Waals surface area contributed by atoms with Crippen LogP contribution in [0.3, 0.4) is 0 Å². The molecule has 0 amide bonds. The molecule has 0 aliphatic heterocycles. The Kier molecular flexibility index (Phi) is 23.6. The summed E-state index contributed by atoms with van der Waals surface area (Å²) in [6, 6.07) is 133. The minimum atomic E-state index is 0.665. The van der Waals surface area contributed by atoms with Crippen LogP contribution in [0.25, 0.3) is 207 Å². The maximum Gasteiger partial charge on any atom is 0.230 e. The van der Waals surface area contributed by atoms with Crippen LogP contribution in [0, 0.1) is 55.4 Å². The van der Waals surface area contributed by atoms with Gasteiger partial charge in [0.15, 0.2) is 11.5 Å². The number of aryl methyl sites for hydroxylation is 8. The highest BCUT2D eigenvalue weighted by Crippen LogP contribution is 2.40. The van der Waals surface area contributed by atoms with Crippen molar-refractivity contribution in [2.45, 2.75) is 55.4 Å². The van der Waals surface area contributed by atoms with Crippen molar-refractivity contribution in [1.29, 1.82) is 0 Å². The molecule has 28 rings (SSSR count). The molecule has 0 atom stereocenters. The Morgan fingerprint density at radius 1 is 0.257 bits per heavy atom. The number of furan rings is 2. The topological polar surface area (TPSA) is 178 Å². The van der Waals surface area contributed by atoms with Crippen LogP contribution in [0.4, 0.5) is 0 Å². The third kappa shape index (κ3) is 17.0. The molecule has 12 heterocycles. The second-order valence-electron chi connectivity index (χ2n) is 33.6. The molecule has 0 aliphatic rings. The molecule has 28 aromatic rings. The second-order valence-corrected chi connectivity index (χ2v) is 34.6. The van der Waals surface area contributed by atoms with E-state index in [9.17, 15) is 0 Å². The first kappa shape index (κ1) is 85.4. The summed E-state index contributed by atoms with van der Waals surface area (Å²) in [4.78, 5) is 46.3. The molecule has 0 N–H and O–H groups in total. The minimum Gasteiger partial charge on any atom is -0.440 e. The van der Waals surface area contributed by atoms with Gasteiger partial charge in [0.05, 0.1) is 44.0 Å². The molecular formula is C120H90N12O3S. The standard InChI is InChI=1S/C20H16N2.C18H13N.C17H12N2.C16H11NO.C14H12N2.C12H9NO.C12H9NS.C11H8N2O/c1-15-8-7-11-17(14-15)22-19-13-6-5-12-18(19)21-20(22)16-9-3-2-4-10-16;1-12-10-11-17-15-8-3-2-6-13(15)14-7-4-5-9-16(14)18(17)19-12;1-11-8-9-15-13-6-3-2-5-12(13)14-7-4-10-18-16(14)17(15)19-11;1-10-17-15-13-8-4-2-6-11(13)12-7-3-5-9-14(12)16(15)18-10;1-11-15-13-9-5-6-10-14(13)16(11)12-7-3-2-4-8-12;2*1-8-6-7-10-9-4-2-3-5-11(9)14-12(10)13-8;1-7-12-6-9-8-4-2-3-5-10(8)14-11(9)13-7/h2-14H,1H3;2-11H,1H3;2-10H,1H3;2-9H,1H3;2-10H,1H3;2*2-7H,1H3;2-6H,1H3. The van der Waals surface area contributed by atoms with Gasteiger partial charge in [-0.05, 0) is 201 Å². The average Bonchev–Trinajstić information content (AvgIpc) is 1.03. The molecule has 16 aromatic carbocycles. The van der Waals surface area contributed by atoms with Crippen LogP contribution in [0.15, 0.2) is 414 Å². The minimum absolute atomic E-state index is 0.665. The zero-order valence-electron chi connectivity index (χ0n) is 76.1. The lowest BCUT2D eigenvalue weighted by atomic mass is 9.97. The number of pyridine rings is 5. The number of benzene rings is 16. The van der Waals surface area contributed by atoms with E-state index < -0.39 is 0 Å². The molecule has 0 unspecified atom stereocenters. The highest BCUT2D eigenvalue weighted by molar-refractivity contribution is 7.25. The highest BCUT2D eigenvalue weighted by atomic mass is 32.1. The summed E-state index contributed by atoms with van der Waals surface area (Å²) in [6.07, 6.45) is 3.64. The van der Waals surface area contributed by atoms with Crippen molar-refractivity contribution in [2.24, 2.45) is 0 Å². The highest BCUT2D eigenvalue weighted by Gasteiger charge is 2.19. The van der Waals surface area contributed by atoms with Crippen molar-refractivity contribution in [2.75, 3.05) is 0 Å². The molecule has 16 heteroatoms. The molecule has 0 fully saturated rings. The van der Waals surface area contributed by atoms with E-state index in [1.807, 2.05) is 176 Å². The zero-order chi connectivity index (χ0) is 92.3. The van der Waals surface area contributed by atoms with Gasteiger partial charge in [0.1, 0.15) is 39.0 Å². The van der Waals surface area contributed by atoms with Crippen LogP contribution >= 0.6 is 11.3 Å². The Morgan fingerprint density at radius 2 is 0.691 bits per heavy atom. The second kappa shape index (κ2) is 37.5. The van der Waals surface area contributed by atoms with Crippen molar-refractivity contribution in [3.8, 4) is 22.8 Å². The Labute approximate surface area is 787 Å². The normalized spacial score (nSPS) is 11.2. The van der Waals surface area contributed by atoms with Crippen LogP contribution in [-0.2, 0) is 0 Å². The summed E-state index contributed by atoms with van der Waals surface area (Å²) in [6.45, 7) is 16.0. The van der Waals surface area contributed by atoms with E-state index in [1.54, 1.807) is 11.3 Å². The lowest BCUT2D eigenvalue weighted by Gasteiger charge is -2.10. The van der Waals surface area contributed by atoms with Gasteiger partial charge in [0.25, 0.3) is 0 Å². The number of fused-ring (bicyclic) bond motifs is 29. The Balaban J connectivity index is 0.0000000934. The molecule has 654 valence electrons. The first-order chi connectivity index (χ1) is 66.7. The number of hydrogen-bond acceptors (Lipinski definition) is 14. The van der Waals surface area contributed by atoms with Gasteiger partial charge in [-0.25, -0.2) is 29.9 Å². The van der Waals surface area contributed by atoms with Gasteiger partial charge in [0, 0.05) is 123 Å². The van der Waals surface area contributed by atoms with Crippen molar-refractivity contribution >= 4 is 196 Å². The van der Waals surface area contributed by atoms with Crippen LogP contribution < -0.4 is 0 Å². The average molecular weight is 1780 g/mol. The van der Waals surface area contributed by atoms with Gasteiger partial charge in [-0.2, -0.15) is 4.98 Å². The number of nitrogens with zero attached hydrogens (tertiary/aromatic N) is 12. The van der Waals surface area contributed by atoms with Crippen molar-refractivity contribution in [3.63, 3.8) is 0 Å². The number of thiophene rings is 1. The van der Waals surface area contributed by atoms with Crippen molar-refractivity contribution in [1.82, 2.24) is 59.0 Å². The van der Waals surface area contributed by atoms with Crippen LogP contribution in [-0.4, -0.2) is 59.0 Å². The molecule has 15 nitrogen and oxygen atoms in total. The third-order valence-electron chi connectivity index (χ3n) is 24.3. The van der Waals surface area contributed by atoms with E-state index in [4.69, 9.17) is 28.2 Å². The smallest absolute Gasteiger partial charge is 0.230 e. The predicted molar refractivity (Wildman–Crippen MR) is 564 cm³/mol. The summed E-state index contributed by atoms with van der Waals surface area (Å²) in [5, 5.41) is 22.8. The predicted octanol–water partition coefficient (Wildman–Crippen LogP) is 31.6. The molecule has 0 bridgehead atoms. The summed E-state index contributed by atoms with van der Waals surface area (Å²) >= 11 is 1.76. The lowest BCUT2D eigenvalue weighted by Crippen LogP contribution is -1.97. The van der Waals surface area contributed by atoms with Crippen LogP contribution in [0.5, 0.6) is 0 Å². The van der Waals surface area contributed by atoms with Gasteiger partial charge in [-0.3, -0.25) is 24.1 Å². The SMILES string of the molecule is Cc1ccc2c(n1)oc1ccccc12.Cc1ccc2c(n1)sc1ccccc12.Cc1ccc2c3ccccc3c3ccccc3c2n1.Cc1ccc2c3ccccc3c3cccnc3c2n1.Cc1cccc(-n2c(-c3ccccc3)nc3ccccc32)c1.Cc1nc2c3ccccc3c3ccccc3c2o1.Cc1nc2ccccc2n1-c1ccccc1.Cc1ncc2c(n1)oc1ccccc12. The quantitative estimate of drug-likeness (QED) is 0.153. The number of oxazole rings is 1. The molecular weight excluding hydrogens is 1690 g/mol. The van der Waals surface area contributed by atoms with E-state index in [0.29, 0.717) is 11.6 Å². The van der Waals surface area contributed by atoms with Gasteiger partial charge in [-0.1, -0.05) is 279 Å².